The maximum absolute atomic E-state index is 13.0. The molecule has 1 aromatic carbocycles. The van der Waals surface area contributed by atoms with Crippen molar-refractivity contribution < 1.29 is 13.6 Å². The van der Waals surface area contributed by atoms with Crippen LogP contribution < -0.4 is 0 Å². The van der Waals surface area contributed by atoms with Crippen molar-refractivity contribution in [2.45, 2.75) is 0 Å². The van der Waals surface area contributed by atoms with E-state index in [1.807, 2.05) is 0 Å². The van der Waals surface area contributed by atoms with Crippen molar-refractivity contribution in [1.29, 1.82) is 0 Å². The summed E-state index contributed by atoms with van der Waals surface area (Å²) in [4.78, 5) is 10.6. The number of hydrogen-bond donors (Lipinski definition) is 0. The molecule has 0 saturated heterocycles. The van der Waals surface area contributed by atoms with Gasteiger partial charge in [0, 0.05) is 0 Å². The fourth-order valence-corrected chi connectivity index (χ4v) is 1.60. The predicted octanol–water partition coefficient (Wildman–Crippen LogP) is 3.76. The molecule has 0 radical (unpaired) electrons. The van der Waals surface area contributed by atoms with Crippen molar-refractivity contribution in [3.05, 3.63) is 32.8 Å². The molecule has 0 aliphatic rings. The molecule has 13 heavy (non-hydrogen) atoms. The molecule has 0 bridgehead atoms. The second-order valence-corrected chi connectivity index (χ2v) is 3.70. The van der Waals surface area contributed by atoms with E-state index >= 15 is 0 Å². The van der Waals surface area contributed by atoms with Crippen LogP contribution in [0, 0.1) is 11.6 Å². The Bertz CT molecular complexity index is 381. The lowest BCUT2D eigenvalue weighted by Gasteiger charge is -2.02. The molecule has 0 atom stereocenters. The van der Waals surface area contributed by atoms with Crippen LogP contribution in [0.4, 0.5) is 8.78 Å². The zero-order chi connectivity index (χ0) is 10.2. The number of hydrogen-bond acceptors (Lipinski definition) is 1. The van der Waals surface area contributed by atoms with Gasteiger partial charge >= 0.3 is 0 Å². The molecule has 6 heteroatoms. The second kappa shape index (κ2) is 3.90. The molecule has 0 spiro atoms. The molecule has 0 N–H and O–H groups in total. The van der Waals surface area contributed by atoms with Gasteiger partial charge in [-0.25, -0.2) is 8.78 Å². The minimum atomic E-state index is -1.15. The summed E-state index contributed by atoms with van der Waals surface area (Å²) in [6.45, 7) is 0. The van der Waals surface area contributed by atoms with Crippen LogP contribution in [0.15, 0.2) is 10.5 Å². The lowest BCUT2D eigenvalue weighted by molar-refractivity contribution is 0.107. The van der Waals surface area contributed by atoms with E-state index in [0.717, 1.165) is 6.07 Å². The van der Waals surface area contributed by atoms with Crippen molar-refractivity contribution in [2.24, 2.45) is 0 Å². The molecule has 0 fully saturated rings. The van der Waals surface area contributed by atoms with Crippen LogP contribution in [-0.4, -0.2) is 5.24 Å². The summed E-state index contributed by atoms with van der Waals surface area (Å²) in [6.07, 6.45) is 0. The van der Waals surface area contributed by atoms with Crippen LogP contribution in [0.5, 0.6) is 0 Å². The van der Waals surface area contributed by atoms with Gasteiger partial charge in [0.1, 0.15) is 5.02 Å². The molecule has 70 valence electrons. The van der Waals surface area contributed by atoms with Gasteiger partial charge in [-0.3, -0.25) is 4.79 Å². The highest BCUT2D eigenvalue weighted by Gasteiger charge is 2.18. The molecule has 1 aromatic rings. The number of benzene rings is 1. The van der Waals surface area contributed by atoms with Gasteiger partial charge in [0.25, 0.3) is 5.24 Å². The number of halogens is 5. The molecule has 0 heterocycles. The zero-order valence-electron chi connectivity index (χ0n) is 5.88. The van der Waals surface area contributed by atoms with Crippen LogP contribution in [0.1, 0.15) is 10.4 Å². The van der Waals surface area contributed by atoms with Crippen molar-refractivity contribution >= 4 is 44.4 Å². The highest BCUT2D eigenvalue weighted by Crippen LogP contribution is 2.29. The first kappa shape index (κ1) is 10.9. The van der Waals surface area contributed by atoms with E-state index in [9.17, 15) is 13.6 Å². The number of carbonyl (C=O) groups excluding carboxylic acids is 1. The first-order valence-electron chi connectivity index (χ1n) is 2.98. The predicted molar refractivity (Wildman–Crippen MR) is 49.3 cm³/mol. The fourth-order valence-electron chi connectivity index (χ4n) is 0.716. The summed E-state index contributed by atoms with van der Waals surface area (Å²) < 4.78 is 25.7. The summed E-state index contributed by atoms with van der Waals surface area (Å²) in [5.41, 5.74) is -0.458. The quantitative estimate of drug-likeness (QED) is 0.437. The standard InChI is InChI=1S/C7HBrCl2F2O/c8-3-1-2(7(10)13)5(11)4(9)6(3)12/h1H. The van der Waals surface area contributed by atoms with E-state index in [0.29, 0.717) is 0 Å². The van der Waals surface area contributed by atoms with Crippen molar-refractivity contribution in [3.8, 4) is 0 Å². The van der Waals surface area contributed by atoms with E-state index in [4.69, 9.17) is 23.2 Å². The topological polar surface area (TPSA) is 17.1 Å². The smallest absolute Gasteiger partial charge is 0.255 e. The van der Waals surface area contributed by atoms with Gasteiger partial charge in [0.05, 0.1) is 10.0 Å². The number of rotatable bonds is 1. The molecule has 0 saturated carbocycles. The van der Waals surface area contributed by atoms with Crippen molar-refractivity contribution in [2.75, 3.05) is 0 Å². The largest absolute Gasteiger partial charge is 0.275 e. The van der Waals surface area contributed by atoms with E-state index < -0.39 is 27.5 Å². The average Bonchev–Trinajstić information content (AvgIpc) is 2.07. The highest BCUT2D eigenvalue weighted by atomic mass is 79.9. The third kappa shape index (κ3) is 2.00. The molecular formula is C7HBrCl2F2O. The molecule has 0 aliphatic heterocycles. The summed E-state index contributed by atoms with van der Waals surface area (Å²) in [5.74, 6) is -2.11. The third-order valence-electron chi connectivity index (χ3n) is 1.31. The molecular weight excluding hydrogens is 289 g/mol. The van der Waals surface area contributed by atoms with Crippen molar-refractivity contribution in [1.82, 2.24) is 0 Å². The van der Waals surface area contributed by atoms with Crippen LogP contribution in [-0.2, 0) is 0 Å². The first-order chi connectivity index (χ1) is 5.95. The Morgan fingerprint density at radius 2 is 1.92 bits per heavy atom. The maximum Gasteiger partial charge on any atom is 0.255 e. The second-order valence-electron chi connectivity index (χ2n) is 2.12. The van der Waals surface area contributed by atoms with E-state index in [1.165, 1.54) is 0 Å². The minimum Gasteiger partial charge on any atom is -0.275 e. The molecule has 0 amide bonds. The highest BCUT2D eigenvalue weighted by molar-refractivity contribution is 9.10. The molecule has 0 aromatic heterocycles. The van der Waals surface area contributed by atoms with Gasteiger partial charge < -0.3 is 0 Å². The zero-order valence-corrected chi connectivity index (χ0v) is 8.97. The average molecular weight is 290 g/mol. The molecule has 1 rings (SSSR count). The van der Waals surface area contributed by atoms with Gasteiger partial charge in [0.2, 0.25) is 0 Å². The van der Waals surface area contributed by atoms with Crippen LogP contribution in [0.3, 0.4) is 0 Å². The van der Waals surface area contributed by atoms with Gasteiger partial charge in [0.15, 0.2) is 11.6 Å². The fraction of sp³-hybridized carbons (Fsp3) is 0. The van der Waals surface area contributed by atoms with E-state index in [2.05, 4.69) is 15.9 Å². The van der Waals surface area contributed by atoms with Crippen LogP contribution >= 0.6 is 39.1 Å². The van der Waals surface area contributed by atoms with Gasteiger partial charge in [-0.15, -0.1) is 0 Å². The normalized spacial score (nSPS) is 10.2. The van der Waals surface area contributed by atoms with Gasteiger partial charge in [-0.05, 0) is 33.6 Å². The first-order valence-corrected chi connectivity index (χ1v) is 4.53. The van der Waals surface area contributed by atoms with E-state index in [-0.39, 0.29) is 4.47 Å². The Hall–Kier alpha value is -0.190. The van der Waals surface area contributed by atoms with Crippen LogP contribution in [0.25, 0.3) is 0 Å². The summed E-state index contributed by atoms with van der Waals surface area (Å²) in [5, 5.41) is -1.78. The van der Waals surface area contributed by atoms with Gasteiger partial charge in [-0.2, -0.15) is 0 Å². The van der Waals surface area contributed by atoms with Crippen molar-refractivity contribution in [3.63, 3.8) is 0 Å². The number of carbonyl (C=O) groups is 1. The summed E-state index contributed by atoms with van der Waals surface area (Å²) >= 11 is 13.0. The van der Waals surface area contributed by atoms with Crippen LogP contribution in [0.2, 0.25) is 5.02 Å². The Kier molecular flexibility index (Phi) is 3.27. The lowest BCUT2D eigenvalue weighted by atomic mass is 10.2. The Labute approximate surface area is 90.8 Å². The molecule has 0 unspecified atom stereocenters. The Morgan fingerprint density at radius 3 is 2.38 bits per heavy atom. The maximum atomic E-state index is 13.0. The Balaban J connectivity index is 3.50. The summed E-state index contributed by atoms with van der Waals surface area (Å²) in [6, 6.07) is 0.936. The monoisotopic (exact) mass is 288 g/mol. The lowest BCUT2D eigenvalue weighted by Crippen LogP contribution is -1.98. The Morgan fingerprint density at radius 1 is 1.38 bits per heavy atom. The minimum absolute atomic E-state index is 0.108. The molecule has 0 aliphatic carbocycles. The third-order valence-corrected chi connectivity index (χ3v) is 2.43. The van der Waals surface area contributed by atoms with Gasteiger partial charge in [-0.1, -0.05) is 11.6 Å². The molecule has 1 nitrogen and oxygen atoms in total. The summed E-state index contributed by atoms with van der Waals surface area (Å²) in [7, 11) is 0. The van der Waals surface area contributed by atoms with E-state index in [1.54, 1.807) is 0 Å². The SMILES string of the molecule is O=C(Cl)c1cc(Br)c(F)c(Cl)c1F.